The van der Waals surface area contributed by atoms with Crippen molar-refractivity contribution >= 4 is 22.6 Å². The van der Waals surface area contributed by atoms with Crippen LogP contribution in [0.2, 0.25) is 0 Å². The SMILES string of the molecule is CC1CN2C(=Nc3ccccc31)SC1=C2CCCC1. The maximum absolute atomic E-state index is 4.94. The number of para-hydroxylation sites is 1. The van der Waals surface area contributed by atoms with E-state index in [4.69, 9.17) is 4.99 Å². The van der Waals surface area contributed by atoms with Gasteiger partial charge in [-0.2, -0.15) is 0 Å². The van der Waals surface area contributed by atoms with Crippen molar-refractivity contribution in [1.82, 2.24) is 4.90 Å². The molecule has 0 radical (unpaired) electrons. The minimum absolute atomic E-state index is 0.548. The van der Waals surface area contributed by atoms with Crippen molar-refractivity contribution in [2.24, 2.45) is 4.99 Å². The van der Waals surface area contributed by atoms with E-state index in [2.05, 4.69) is 36.1 Å². The molecule has 3 aliphatic rings. The van der Waals surface area contributed by atoms with Crippen molar-refractivity contribution in [2.45, 2.75) is 38.5 Å². The zero-order valence-corrected chi connectivity index (χ0v) is 12.0. The molecule has 19 heavy (non-hydrogen) atoms. The average Bonchev–Trinajstić information content (AvgIpc) is 2.70. The minimum Gasteiger partial charge on any atom is -0.323 e. The molecule has 0 aromatic heterocycles. The Morgan fingerprint density at radius 2 is 2.05 bits per heavy atom. The normalized spacial score (nSPS) is 25.4. The molecule has 0 N–H and O–H groups in total. The number of nitrogens with zero attached hydrogens (tertiary/aromatic N) is 2. The van der Waals surface area contributed by atoms with E-state index in [0.29, 0.717) is 5.92 Å². The molecular weight excluding hydrogens is 252 g/mol. The zero-order valence-electron chi connectivity index (χ0n) is 11.2. The molecule has 0 amide bonds. The van der Waals surface area contributed by atoms with Gasteiger partial charge in [-0.05, 0) is 37.3 Å². The summed E-state index contributed by atoms with van der Waals surface area (Å²) in [5.41, 5.74) is 4.12. The number of allylic oxidation sites excluding steroid dienone is 2. The third-order valence-corrected chi connectivity index (χ3v) is 5.48. The molecule has 1 aromatic rings. The summed E-state index contributed by atoms with van der Waals surface area (Å²) in [6.45, 7) is 3.41. The van der Waals surface area contributed by atoms with Gasteiger partial charge in [-0.3, -0.25) is 0 Å². The van der Waals surface area contributed by atoms with Gasteiger partial charge in [0.25, 0.3) is 0 Å². The van der Waals surface area contributed by atoms with Gasteiger partial charge in [0.1, 0.15) is 0 Å². The number of fused-ring (bicyclic) bond motifs is 3. The van der Waals surface area contributed by atoms with Crippen LogP contribution in [0.5, 0.6) is 0 Å². The van der Waals surface area contributed by atoms with Crippen LogP contribution in [0.1, 0.15) is 44.1 Å². The van der Waals surface area contributed by atoms with Crippen molar-refractivity contribution in [2.75, 3.05) is 6.54 Å². The van der Waals surface area contributed by atoms with Crippen LogP contribution in [0.15, 0.2) is 39.9 Å². The second-order valence-corrected chi connectivity index (χ2v) is 6.71. The molecule has 4 rings (SSSR count). The summed E-state index contributed by atoms with van der Waals surface area (Å²) >= 11 is 1.91. The number of benzene rings is 1. The van der Waals surface area contributed by atoms with E-state index in [1.807, 2.05) is 11.8 Å². The number of hydrogen-bond donors (Lipinski definition) is 0. The number of rotatable bonds is 0. The Hall–Kier alpha value is -1.22. The Morgan fingerprint density at radius 1 is 1.21 bits per heavy atom. The maximum Gasteiger partial charge on any atom is 0.173 e. The molecule has 0 bridgehead atoms. The fourth-order valence-corrected chi connectivity index (χ4v) is 4.53. The predicted octanol–water partition coefficient (Wildman–Crippen LogP) is 4.63. The predicted molar refractivity (Wildman–Crippen MR) is 81.7 cm³/mol. The van der Waals surface area contributed by atoms with Crippen LogP contribution in [-0.4, -0.2) is 16.6 Å². The van der Waals surface area contributed by atoms with Gasteiger partial charge in [-0.15, -0.1) is 0 Å². The lowest BCUT2D eigenvalue weighted by molar-refractivity contribution is 0.450. The summed E-state index contributed by atoms with van der Waals surface area (Å²) in [5, 5.41) is 1.21. The maximum atomic E-state index is 4.94. The number of aliphatic imine (C=N–C) groups is 1. The summed E-state index contributed by atoms with van der Waals surface area (Å²) in [5.74, 6) is 0.548. The summed E-state index contributed by atoms with van der Waals surface area (Å²) in [4.78, 5) is 9.01. The molecule has 0 saturated carbocycles. The Morgan fingerprint density at radius 3 is 3.00 bits per heavy atom. The molecule has 1 aromatic carbocycles. The Kier molecular flexibility index (Phi) is 2.69. The molecule has 2 heterocycles. The molecule has 1 atom stereocenters. The van der Waals surface area contributed by atoms with Crippen LogP contribution >= 0.6 is 11.8 Å². The number of hydrogen-bond acceptors (Lipinski definition) is 3. The van der Waals surface area contributed by atoms with Crippen LogP contribution in [-0.2, 0) is 0 Å². The monoisotopic (exact) mass is 270 g/mol. The lowest BCUT2D eigenvalue weighted by Gasteiger charge is -2.25. The molecule has 3 heteroatoms. The van der Waals surface area contributed by atoms with E-state index in [9.17, 15) is 0 Å². The first-order valence-corrected chi connectivity index (χ1v) is 7.99. The van der Waals surface area contributed by atoms with Crippen molar-refractivity contribution in [3.8, 4) is 0 Å². The number of thioether (sulfide) groups is 1. The highest BCUT2D eigenvalue weighted by Crippen LogP contribution is 2.46. The van der Waals surface area contributed by atoms with Gasteiger partial charge in [-0.25, -0.2) is 4.99 Å². The summed E-state index contributed by atoms with van der Waals surface area (Å²) in [6, 6.07) is 8.61. The second kappa shape index (κ2) is 4.41. The Balaban J connectivity index is 1.79. The summed E-state index contributed by atoms with van der Waals surface area (Å²) in [7, 11) is 0. The topological polar surface area (TPSA) is 15.6 Å². The molecule has 2 nitrogen and oxygen atoms in total. The summed E-state index contributed by atoms with van der Waals surface area (Å²) in [6.07, 6.45) is 5.18. The van der Waals surface area contributed by atoms with Crippen molar-refractivity contribution in [1.29, 1.82) is 0 Å². The van der Waals surface area contributed by atoms with E-state index < -0.39 is 0 Å². The quantitative estimate of drug-likeness (QED) is 0.683. The van der Waals surface area contributed by atoms with Gasteiger partial charge in [0.05, 0.1) is 5.69 Å². The van der Waals surface area contributed by atoms with E-state index in [-0.39, 0.29) is 0 Å². The van der Waals surface area contributed by atoms with Crippen LogP contribution in [0, 0.1) is 0 Å². The first-order valence-electron chi connectivity index (χ1n) is 7.18. The molecule has 2 aliphatic heterocycles. The third-order valence-electron chi connectivity index (χ3n) is 4.30. The van der Waals surface area contributed by atoms with Crippen molar-refractivity contribution in [3.05, 3.63) is 40.4 Å². The molecule has 98 valence electrons. The molecular formula is C16H18N2S. The first-order chi connectivity index (χ1) is 9.33. The van der Waals surface area contributed by atoms with Gasteiger partial charge in [0.2, 0.25) is 0 Å². The Bertz CT molecular complexity index is 588. The fourth-order valence-electron chi connectivity index (χ4n) is 3.29. The molecule has 1 unspecified atom stereocenters. The van der Waals surface area contributed by atoms with Crippen molar-refractivity contribution < 1.29 is 0 Å². The average molecular weight is 270 g/mol. The largest absolute Gasteiger partial charge is 0.323 e. The van der Waals surface area contributed by atoms with Crippen LogP contribution in [0.25, 0.3) is 0 Å². The highest BCUT2D eigenvalue weighted by atomic mass is 32.2. The van der Waals surface area contributed by atoms with Gasteiger partial charge < -0.3 is 4.90 Å². The fraction of sp³-hybridized carbons (Fsp3) is 0.438. The summed E-state index contributed by atoms with van der Waals surface area (Å²) < 4.78 is 0. The highest BCUT2D eigenvalue weighted by Gasteiger charge is 2.33. The molecule has 0 saturated heterocycles. The van der Waals surface area contributed by atoms with Gasteiger partial charge >= 0.3 is 0 Å². The smallest absolute Gasteiger partial charge is 0.173 e. The molecule has 0 spiro atoms. The zero-order chi connectivity index (χ0) is 12.8. The lowest BCUT2D eigenvalue weighted by atomic mass is 9.98. The Labute approximate surface area is 118 Å². The minimum atomic E-state index is 0.548. The van der Waals surface area contributed by atoms with E-state index >= 15 is 0 Å². The standard InChI is InChI=1S/C16H18N2S/c1-11-10-18-14-8-4-5-9-15(14)19-16(18)17-13-7-3-2-6-12(11)13/h2-3,6-7,11H,4-5,8-10H2,1H3. The van der Waals surface area contributed by atoms with E-state index in [0.717, 1.165) is 6.54 Å². The van der Waals surface area contributed by atoms with Crippen LogP contribution in [0.4, 0.5) is 5.69 Å². The number of amidine groups is 1. The van der Waals surface area contributed by atoms with Crippen molar-refractivity contribution in [3.63, 3.8) is 0 Å². The van der Waals surface area contributed by atoms with Gasteiger partial charge in [-0.1, -0.05) is 36.9 Å². The van der Waals surface area contributed by atoms with Crippen LogP contribution < -0.4 is 0 Å². The van der Waals surface area contributed by atoms with Gasteiger partial charge in [0.15, 0.2) is 5.17 Å². The third kappa shape index (κ3) is 1.83. The second-order valence-electron chi connectivity index (χ2n) is 5.64. The molecule has 0 fully saturated rings. The van der Waals surface area contributed by atoms with Crippen LogP contribution in [0.3, 0.4) is 0 Å². The van der Waals surface area contributed by atoms with Gasteiger partial charge in [0, 0.05) is 23.1 Å². The van der Waals surface area contributed by atoms with E-state index in [1.54, 1.807) is 10.6 Å². The highest BCUT2D eigenvalue weighted by molar-refractivity contribution is 8.17. The molecule has 1 aliphatic carbocycles. The first kappa shape index (κ1) is 11.6. The lowest BCUT2D eigenvalue weighted by Crippen LogP contribution is -2.27. The van der Waals surface area contributed by atoms with E-state index in [1.165, 1.54) is 42.1 Å².